The van der Waals surface area contributed by atoms with Gasteiger partial charge in [-0.1, -0.05) is 6.07 Å². The van der Waals surface area contributed by atoms with Crippen molar-refractivity contribution in [1.82, 2.24) is 14.9 Å². The van der Waals surface area contributed by atoms with E-state index in [2.05, 4.69) is 25.8 Å². The Labute approximate surface area is 154 Å². The number of nitrogens with zero attached hydrogens (tertiary/aromatic N) is 4. The first kappa shape index (κ1) is 17.2. The van der Waals surface area contributed by atoms with Crippen molar-refractivity contribution in [3.63, 3.8) is 0 Å². The first-order valence-electron chi connectivity index (χ1n) is 9.32. The summed E-state index contributed by atoms with van der Waals surface area (Å²) in [7, 11) is 0. The van der Waals surface area contributed by atoms with E-state index in [9.17, 15) is 5.11 Å². The highest BCUT2D eigenvalue weighted by molar-refractivity contribution is 5.40. The number of fused-ring (bicyclic) bond motifs is 1. The summed E-state index contributed by atoms with van der Waals surface area (Å²) in [5.74, 6) is 1.78. The van der Waals surface area contributed by atoms with Crippen LogP contribution in [-0.2, 0) is 6.42 Å². The van der Waals surface area contributed by atoms with E-state index in [0.29, 0.717) is 6.54 Å². The van der Waals surface area contributed by atoms with Gasteiger partial charge in [-0.15, -0.1) is 0 Å². The van der Waals surface area contributed by atoms with Crippen LogP contribution in [0.25, 0.3) is 0 Å². The molecule has 2 aromatic rings. The Bertz CT molecular complexity index is 767. The summed E-state index contributed by atoms with van der Waals surface area (Å²) in [4.78, 5) is 13.7. The van der Waals surface area contributed by atoms with Gasteiger partial charge >= 0.3 is 0 Å². The molecule has 0 amide bonds. The molecule has 0 bridgehead atoms. The molecule has 26 heavy (non-hydrogen) atoms. The molecule has 0 radical (unpaired) electrons. The first-order chi connectivity index (χ1) is 12.6. The Morgan fingerprint density at radius 3 is 2.54 bits per heavy atom. The molecule has 1 N–H and O–H groups in total. The second-order valence-electron chi connectivity index (χ2n) is 7.22. The average Bonchev–Trinajstić information content (AvgIpc) is 3.09. The van der Waals surface area contributed by atoms with Crippen LogP contribution in [0.3, 0.4) is 0 Å². The number of aliphatic hydroxyl groups is 1. The van der Waals surface area contributed by atoms with Crippen LogP contribution < -0.4 is 9.64 Å². The molecule has 6 nitrogen and oxygen atoms in total. The molecule has 1 fully saturated rings. The van der Waals surface area contributed by atoms with Gasteiger partial charge in [-0.3, -0.25) is 4.90 Å². The summed E-state index contributed by atoms with van der Waals surface area (Å²) in [5, 5.41) is 10.6. The van der Waals surface area contributed by atoms with Gasteiger partial charge in [0.25, 0.3) is 0 Å². The van der Waals surface area contributed by atoms with Crippen LogP contribution in [0.4, 0.5) is 5.95 Å². The summed E-state index contributed by atoms with van der Waals surface area (Å²) in [6, 6.07) is 8.05. The Kier molecular flexibility index (Phi) is 4.78. The standard InChI is InChI=1S/C20H26N4O2/c1-14-11-15(2)22-20(21-14)24-8-6-23(7-9-24)13-18(25)16-3-4-19-17(12-16)5-10-26-19/h3-4,11-12,18,25H,5-10,13H2,1-2H3/t18-/m0/s1. The molecular weight excluding hydrogens is 328 g/mol. The number of piperazine rings is 1. The number of aliphatic hydroxyl groups excluding tert-OH is 1. The number of ether oxygens (including phenoxy) is 1. The average molecular weight is 354 g/mol. The SMILES string of the molecule is Cc1cc(C)nc(N2CCN(C[C@H](O)c3ccc4c(c3)CCO4)CC2)n1. The molecule has 138 valence electrons. The zero-order chi connectivity index (χ0) is 18.1. The van der Waals surface area contributed by atoms with Crippen molar-refractivity contribution in [1.29, 1.82) is 0 Å². The van der Waals surface area contributed by atoms with Crippen LogP contribution in [0.5, 0.6) is 5.75 Å². The Hall–Kier alpha value is -2.18. The van der Waals surface area contributed by atoms with Crippen LogP contribution in [0, 0.1) is 13.8 Å². The van der Waals surface area contributed by atoms with Crippen LogP contribution in [-0.4, -0.2) is 59.3 Å². The van der Waals surface area contributed by atoms with Crippen LogP contribution in [0.15, 0.2) is 24.3 Å². The summed E-state index contributed by atoms with van der Waals surface area (Å²) < 4.78 is 5.54. The molecule has 2 aliphatic rings. The lowest BCUT2D eigenvalue weighted by molar-refractivity contribution is 0.109. The molecule has 0 saturated carbocycles. The molecule has 1 saturated heterocycles. The second-order valence-corrected chi connectivity index (χ2v) is 7.22. The third kappa shape index (κ3) is 3.66. The molecule has 2 aliphatic heterocycles. The van der Waals surface area contributed by atoms with Crippen molar-refractivity contribution < 1.29 is 9.84 Å². The summed E-state index contributed by atoms with van der Waals surface area (Å²) >= 11 is 0. The monoisotopic (exact) mass is 354 g/mol. The predicted octanol–water partition coefficient (Wildman–Crippen LogP) is 1.88. The van der Waals surface area contributed by atoms with E-state index in [4.69, 9.17) is 4.74 Å². The largest absolute Gasteiger partial charge is 0.493 e. The fourth-order valence-electron chi connectivity index (χ4n) is 3.74. The van der Waals surface area contributed by atoms with Gasteiger partial charge in [0, 0.05) is 50.5 Å². The molecule has 1 aromatic heterocycles. The predicted molar refractivity (Wildman–Crippen MR) is 101 cm³/mol. The van der Waals surface area contributed by atoms with Crippen LogP contribution in [0.1, 0.15) is 28.6 Å². The fraction of sp³-hybridized carbons (Fsp3) is 0.500. The van der Waals surface area contributed by atoms with Gasteiger partial charge in [-0.25, -0.2) is 9.97 Å². The minimum Gasteiger partial charge on any atom is -0.493 e. The molecular formula is C20H26N4O2. The minimum atomic E-state index is -0.468. The van der Waals surface area contributed by atoms with Crippen molar-refractivity contribution in [3.05, 3.63) is 46.8 Å². The van der Waals surface area contributed by atoms with Gasteiger partial charge in [-0.2, -0.15) is 0 Å². The minimum absolute atomic E-state index is 0.468. The topological polar surface area (TPSA) is 61.7 Å². The first-order valence-corrected chi connectivity index (χ1v) is 9.32. The van der Waals surface area contributed by atoms with E-state index < -0.39 is 6.10 Å². The van der Waals surface area contributed by atoms with Gasteiger partial charge in [-0.05, 0) is 43.2 Å². The van der Waals surface area contributed by atoms with Gasteiger partial charge < -0.3 is 14.7 Å². The van der Waals surface area contributed by atoms with Gasteiger partial charge in [0.15, 0.2) is 0 Å². The third-order valence-corrected chi connectivity index (χ3v) is 5.16. The van der Waals surface area contributed by atoms with Crippen molar-refractivity contribution in [2.45, 2.75) is 26.4 Å². The maximum Gasteiger partial charge on any atom is 0.225 e. The number of β-amino-alcohol motifs (C(OH)–C–C–N with tert-alkyl or cyclic N) is 1. The van der Waals surface area contributed by atoms with Crippen molar-refractivity contribution in [3.8, 4) is 5.75 Å². The smallest absolute Gasteiger partial charge is 0.225 e. The maximum absolute atomic E-state index is 10.6. The highest BCUT2D eigenvalue weighted by Gasteiger charge is 2.22. The van der Waals surface area contributed by atoms with Gasteiger partial charge in [0.05, 0.1) is 12.7 Å². The molecule has 1 aromatic carbocycles. The third-order valence-electron chi connectivity index (χ3n) is 5.16. The zero-order valence-corrected chi connectivity index (χ0v) is 15.5. The number of anilines is 1. The van der Waals surface area contributed by atoms with Crippen molar-refractivity contribution in [2.24, 2.45) is 0 Å². The molecule has 6 heteroatoms. The Balaban J connectivity index is 1.35. The number of aryl methyl sites for hydroxylation is 2. The summed E-state index contributed by atoms with van der Waals surface area (Å²) in [6.45, 7) is 8.99. The van der Waals surface area contributed by atoms with Gasteiger partial charge in [0.1, 0.15) is 5.75 Å². The van der Waals surface area contributed by atoms with Crippen LogP contribution >= 0.6 is 0 Å². The summed E-state index contributed by atoms with van der Waals surface area (Å²) in [5.41, 5.74) is 4.20. The molecule has 3 heterocycles. The van der Waals surface area contributed by atoms with Crippen molar-refractivity contribution >= 4 is 5.95 Å². The highest BCUT2D eigenvalue weighted by atomic mass is 16.5. The quantitative estimate of drug-likeness (QED) is 0.905. The zero-order valence-electron chi connectivity index (χ0n) is 15.5. The normalized spacial score (nSPS) is 18.5. The molecule has 0 unspecified atom stereocenters. The van der Waals surface area contributed by atoms with E-state index in [1.165, 1.54) is 5.56 Å². The van der Waals surface area contributed by atoms with E-state index in [-0.39, 0.29) is 0 Å². The van der Waals surface area contributed by atoms with E-state index in [0.717, 1.165) is 67.9 Å². The second kappa shape index (κ2) is 7.21. The van der Waals surface area contributed by atoms with Gasteiger partial charge in [0.2, 0.25) is 5.95 Å². The van der Waals surface area contributed by atoms with E-state index >= 15 is 0 Å². The van der Waals surface area contributed by atoms with E-state index in [1.54, 1.807) is 0 Å². The maximum atomic E-state index is 10.6. The number of benzene rings is 1. The fourth-order valence-corrected chi connectivity index (χ4v) is 3.74. The Morgan fingerprint density at radius 1 is 1.08 bits per heavy atom. The van der Waals surface area contributed by atoms with Crippen LogP contribution in [0.2, 0.25) is 0 Å². The number of rotatable bonds is 4. The Morgan fingerprint density at radius 2 is 1.81 bits per heavy atom. The molecule has 1 atom stereocenters. The number of aromatic nitrogens is 2. The molecule has 4 rings (SSSR count). The summed E-state index contributed by atoms with van der Waals surface area (Å²) in [6.07, 6.45) is 0.467. The molecule has 0 spiro atoms. The number of hydrogen-bond donors (Lipinski definition) is 1. The lowest BCUT2D eigenvalue weighted by Gasteiger charge is -2.35. The van der Waals surface area contributed by atoms with Crippen molar-refractivity contribution in [2.75, 3.05) is 44.2 Å². The van der Waals surface area contributed by atoms with E-state index in [1.807, 2.05) is 32.0 Å². The number of hydrogen-bond acceptors (Lipinski definition) is 6. The highest BCUT2D eigenvalue weighted by Crippen LogP contribution is 2.28. The lowest BCUT2D eigenvalue weighted by Crippen LogP contribution is -2.48. The lowest BCUT2D eigenvalue weighted by atomic mass is 10.0. The molecule has 0 aliphatic carbocycles.